The molecule has 3 aromatic rings. The van der Waals surface area contributed by atoms with Gasteiger partial charge in [-0.15, -0.1) is 11.3 Å². The fourth-order valence-corrected chi connectivity index (χ4v) is 4.79. The Balaban J connectivity index is 1.82. The van der Waals surface area contributed by atoms with Gasteiger partial charge in [-0.25, -0.2) is 4.98 Å². The molecule has 0 unspecified atom stereocenters. The lowest BCUT2D eigenvalue weighted by Gasteiger charge is -2.23. The summed E-state index contributed by atoms with van der Waals surface area (Å²) in [6.45, 7) is 3.89. The predicted molar refractivity (Wildman–Crippen MR) is 97.6 cm³/mol. The third kappa shape index (κ3) is 2.70. The number of thiophene rings is 1. The van der Waals surface area contributed by atoms with Crippen LogP contribution in [0.2, 0.25) is 5.28 Å². The molecule has 118 valence electrons. The molecule has 0 atom stereocenters. The number of rotatable bonds is 4. The van der Waals surface area contributed by atoms with Crippen LogP contribution in [0.25, 0.3) is 10.2 Å². The monoisotopic (exact) mass is 343 g/mol. The van der Waals surface area contributed by atoms with Crippen molar-refractivity contribution in [1.29, 1.82) is 0 Å². The van der Waals surface area contributed by atoms with E-state index in [1.165, 1.54) is 27.8 Å². The molecular weight excluding hydrogens is 326 g/mol. The van der Waals surface area contributed by atoms with E-state index in [1.54, 1.807) is 11.3 Å². The highest BCUT2D eigenvalue weighted by molar-refractivity contribution is 7.19. The van der Waals surface area contributed by atoms with Gasteiger partial charge in [-0.1, -0.05) is 30.3 Å². The third-order valence-corrected chi connectivity index (χ3v) is 5.77. The molecule has 0 saturated carbocycles. The molecule has 1 aromatic carbocycles. The second-order valence-electron chi connectivity index (χ2n) is 5.85. The van der Waals surface area contributed by atoms with Crippen LogP contribution in [-0.2, 0) is 19.4 Å². The Morgan fingerprint density at radius 1 is 1.17 bits per heavy atom. The summed E-state index contributed by atoms with van der Waals surface area (Å²) in [5, 5.41) is 1.57. The number of halogens is 1. The van der Waals surface area contributed by atoms with Crippen molar-refractivity contribution in [1.82, 2.24) is 9.97 Å². The highest BCUT2D eigenvalue weighted by Gasteiger charge is 2.24. The molecular formula is C18H18ClN3S. The van der Waals surface area contributed by atoms with E-state index < -0.39 is 0 Å². The van der Waals surface area contributed by atoms with Gasteiger partial charge in [0.2, 0.25) is 5.28 Å². The standard InChI is InChI=1S/C18H18ClN3S/c1-2-22(11-12-7-4-3-5-8-12)16-15-13-9-6-10-14(13)23-17(15)21-18(19)20-16/h3-5,7-8H,2,6,9-11H2,1H3. The normalized spacial score (nSPS) is 13.5. The van der Waals surface area contributed by atoms with Crippen molar-refractivity contribution < 1.29 is 0 Å². The number of aryl methyl sites for hydroxylation is 2. The minimum absolute atomic E-state index is 0.346. The van der Waals surface area contributed by atoms with E-state index in [0.29, 0.717) is 5.28 Å². The van der Waals surface area contributed by atoms with Crippen molar-refractivity contribution in [2.45, 2.75) is 32.7 Å². The molecule has 23 heavy (non-hydrogen) atoms. The summed E-state index contributed by atoms with van der Waals surface area (Å²) in [4.78, 5) is 13.9. The van der Waals surface area contributed by atoms with E-state index in [2.05, 4.69) is 46.1 Å². The van der Waals surface area contributed by atoms with Gasteiger partial charge in [0, 0.05) is 18.0 Å². The molecule has 2 heterocycles. The highest BCUT2D eigenvalue weighted by Crippen LogP contribution is 2.41. The number of nitrogens with zero attached hydrogens (tertiary/aromatic N) is 3. The molecule has 1 aliphatic rings. The quantitative estimate of drug-likeness (QED) is 0.633. The molecule has 0 aliphatic heterocycles. The van der Waals surface area contributed by atoms with E-state index in [0.717, 1.165) is 36.6 Å². The van der Waals surface area contributed by atoms with E-state index in [-0.39, 0.29) is 0 Å². The topological polar surface area (TPSA) is 29.0 Å². The van der Waals surface area contributed by atoms with Crippen LogP contribution in [0.3, 0.4) is 0 Å². The predicted octanol–water partition coefficient (Wildman–Crippen LogP) is 4.86. The van der Waals surface area contributed by atoms with Crippen LogP contribution >= 0.6 is 22.9 Å². The third-order valence-electron chi connectivity index (χ3n) is 4.42. The van der Waals surface area contributed by atoms with Gasteiger partial charge in [-0.05, 0) is 48.9 Å². The first kappa shape index (κ1) is 14.9. The molecule has 0 radical (unpaired) electrons. The van der Waals surface area contributed by atoms with Gasteiger partial charge in [-0.3, -0.25) is 0 Å². The van der Waals surface area contributed by atoms with Crippen LogP contribution in [0.1, 0.15) is 29.3 Å². The average molecular weight is 344 g/mol. The maximum atomic E-state index is 6.21. The van der Waals surface area contributed by atoms with Crippen LogP contribution in [0.4, 0.5) is 5.82 Å². The number of fused-ring (bicyclic) bond motifs is 3. The van der Waals surface area contributed by atoms with Crippen LogP contribution in [-0.4, -0.2) is 16.5 Å². The number of hydrogen-bond acceptors (Lipinski definition) is 4. The fourth-order valence-electron chi connectivity index (χ4n) is 3.32. The molecule has 3 nitrogen and oxygen atoms in total. The summed E-state index contributed by atoms with van der Waals surface area (Å²) in [6.07, 6.45) is 3.54. The van der Waals surface area contributed by atoms with Gasteiger partial charge < -0.3 is 4.90 Å². The zero-order chi connectivity index (χ0) is 15.8. The van der Waals surface area contributed by atoms with Crippen molar-refractivity contribution in [2.75, 3.05) is 11.4 Å². The van der Waals surface area contributed by atoms with Crippen molar-refractivity contribution in [3.8, 4) is 0 Å². The van der Waals surface area contributed by atoms with Gasteiger partial charge in [-0.2, -0.15) is 4.98 Å². The summed E-state index contributed by atoms with van der Waals surface area (Å²) in [5.74, 6) is 0.991. The Kier molecular flexibility index (Phi) is 3.95. The Bertz CT molecular complexity index is 844. The first-order chi connectivity index (χ1) is 11.3. The Labute approximate surface area is 144 Å². The summed E-state index contributed by atoms with van der Waals surface area (Å²) < 4.78 is 0. The maximum absolute atomic E-state index is 6.21. The van der Waals surface area contributed by atoms with Crippen LogP contribution < -0.4 is 4.90 Å². The van der Waals surface area contributed by atoms with Gasteiger partial charge in [0.05, 0.1) is 5.39 Å². The number of anilines is 1. The number of benzene rings is 1. The van der Waals surface area contributed by atoms with Crippen molar-refractivity contribution in [3.05, 3.63) is 51.6 Å². The molecule has 0 amide bonds. The SMILES string of the molecule is CCN(Cc1ccccc1)c1nc(Cl)nc2sc3c(c12)CCC3. The van der Waals surface area contributed by atoms with Crippen LogP contribution in [0.15, 0.2) is 30.3 Å². The molecule has 0 spiro atoms. The fraction of sp³-hybridized carbons (Fsp3) is 0.333. The Hall–Kier alpha value is -1.65. The van der Waals surface area contributed by atoms with Crippen molar-refractivity contribution >= 4 is 39.0 Å². The molecule has 5 heteroatoms. The number of aromatic nitrogens is 2. The molecule has 0 bridgehead atoms. The second kappa shape index (κ2) is 6.10. The lowest BCUT2D eigenvalue weighted by Crippen LogP contribution is -2.23. The molecule has 0 saturated heterocycles. The first-order valence-electron chi connectivity index (χ1n) is 8.03. The van der Waals surface area contributed by atoms with Crippen LogP contribution in [0, 0.1) is 0 Å². The Morgan fingerprint density at radius 2 is 2.00 bits per heavy atom. The second-order valence-corrected chi connectivity index (χ2v) is 7.28. The summed E-state index contributed by atoms with van der Waals surface area (Å²) in [7, 11) is 0. The van der Waals surface area contributed by atoms with Gasteiger partial charge in [0.1, 0.15) is 10.6 Å². The lowest BCUT2D eigenvalue weighted by molar-refractivity contribution is 0.816. The minimum atomic E-state index is 0.346. The van der Waals surface area contributed by atoms with E-state index in [1.807, 2.05) is 6.07 Å². The Morgan fingerprint density at radius 3 is 2.78 bits per heavy atom. The highest BCUT2D eigenvalue weighted by atomic mass is 35.5. The molecule has 4 rings (SSSR count). The van der Waals surface area contributed by atoms with Crippen molar-refractivity contribution in [3.63, 3.8) is 0 Å². The van der Waals surface area contributed by atoms with Gasteiger partial charge >= 0.3 is 0 Å². The smallest absolute Gasteiger partial charge is 0.225 e. The van der Waals surface area contributed by atoms with E-state index >= 15 is 0 Å². The summed E-state index contributed by atoms with van der Waals surface area (Å²) in [5.41, 5.74) is 2.73. The molecule has 0 N–H and O–H groups in total. The summed E-state index contributed by atoms with van der Waals surface area (Å²) >= 11 is 8.00. The zero-order valence-electron chi connectivity index (χ0n) is 13.1. The zero-order valence-corrected chi connectivity index (χ0v) is 14.6. The molecule has 1 aliphatic carbocycles. The van der Waals surface area contributed by atoms with E-state index in [9.17, 15) is 0 Å². The van der Waals surface area contributed by atoms with E-state index in [4.69, 9.17) is 11.6 Å². The minimum Gasteiger partial charge on any atom is -0.352 e. The average Bonchev–Trinajstić information content (AvgIpc) is 3.13. The lowest BCUT2D eigenvalue weighted by atomic mass is 10.1. The van der Waals surface area contributed by atoms with Gasteiger partial charge in [0.25, 0.3) is 0 Å². The molecule has 0 fully saturated rings. The number of hydrogen-bond donors (Lipinski definition) is 0. The summed E-state index contributed by atoms with van der Waals surface area (Å²) in [6, 6.07) is 10.5. The van der Waals surface area contributed by atoms with Gasteiger partial charge in [0.15, 0.2) is 0 Å². The first-order valence-corrected chi connectivity index (χ1v) is 9.22. The largest absolute Gasteiger partial charge is 0.352 e. The molecule has 2 aromatic heterocycles. The van der Waals surface area contributed by atoms with Crippen LogP contribution in [0.5, 0.6) is 0 Å². The maximum Gasteiger partial charge on any atom is 0.225 e. The van der Waals surface area contributed by atoms with Crippen molar-refractivity contribution in [2.24, 2.45) is 0 Å².